The summed E-state index contributed by atoms with van der Waals surface area (Å²) in [6, 6.07) is 8.39. The highest BCUT2D eigenvalue weighted by atomic mass is 32.1. The van der Waals surface area contributed by atoms with Crippen LogP contribution in [0.25, 0.3) is 10.6 Å². The van der Waals surface area contributed by atoms with Crippen LogP contribution in [0, 0.1) is 6.92 Å². The first-order valence-corrected chi connectivity index (χ1v) is 7.19. The van der Waals surface area contributed by atoms with Crippen LogP contribution >= 0.6 is 11.3 Å². The molecule has 0 spiro atoms. The third-order valence-corrected chi connectivity index (χ3v) is 4.33. The third-order valence-electron chi connectivity index (χ3n) is 3.07. The number of carboxylic acid groups (broad SMARTS) is 1. The van der Waals surface area contributed by atoms with E-state index in [-0.39, 0.29) is 6.42 Å². The number of benzene rings is 1. The molecule has 4 heteroatoms. The van der Waals surface area contributed by atoms with E-state index in [0.29, 0.717) is 6.42 Å². The van der Waals surface area contributed by atoms with Gasteiger partial charge < -0.3 is 5.11 Å². The average Bonchev–Trinajstić information content (AvgIpc) is 2.78. The maximum absolute atomic E-state index is 10.6. The fourth-order valence-corrected chi connectivity index (χ4v) is 2.95. The Balaban J connectivity index is 2.20. The minimum atomic E-state index is -0.762. The van der Waals surface area contributed by atoms with Gasteiger partial charge in [0.15, 0.2) is 0 Å². The predicted octanol–water partition coefficient (Wildman–Crippen LogP) is 3.70. The number of rotatable bonds is 5. The summed E-state index contributed by atoms with van der Waals surface area (Å²) in [7, 11) is 0. The lowest BCUT2D eigenvalue weighted by Crippen LogP contribution is -1.96. The van der Waals surface area contributed by atoms with Gasteiger partial charge in [0.05, 0.1) is 12.1 Å². The van der Waals surface area contributed by atoms with Crippen LogP contribution in [0.5, 0.6) is 0 Å². The number of thiazole rings is 1. The van der Waals surface area contributed by atoms with Gasteiger partial charge in [0.2, 0.25) is 0 Å². The van der Waals surface area contributed by atoms with E-state index in [9.17, 15) is 4.79 Å². The number of hydrogen-bond donors (Lipinski definition) is 1. The Hall–Kier alpha value is -1.68. The second kappa shape index (κ2) is 5.97. The highest BCUT2D eigenvalue weighted by molar-refractivity contribution is 7.15. The first-order chi connectivity index (χ1) is 9.10. The van der Waals surface area contributed by atoms with E-state index in [1.807, 2.05) is 6.92 Å². The zero-order valence-electron chi connectivity index (χ0n) is 11.1. The summed E-state index contributed by atoms with van der Waals surface area (Å²) in [5, 5.41) is 9.70. The Kier molecular flexibility index (Phi) is 4.32. The van der Waals surface area contributed by atoms with Gasteiger partial charge in [-0.2, -0.15) is 0 Å². The van der Waals surface area contributed by atoms with Crippen LogP contribution in [-0.2, 0) is 17.6 Å². The molecule has 100 valence electrons. The topological polar surface area (TPSA) is 50.2 Å². The van der Waals surface area contributed by atoms with E-state index in [1.54, 1.807) is 11.3 Å². The van der Waals surface area contributed by atoms with Gasteiger partial charge in [-0.25, -0.2) is 4.98 Å². The van der Waals surface area contributed by atoms with Crippen LogP contribution in [-0.4, -0.2) is 16.1 Å². The molecule has 0 fully saturated rings. The number of carbonyl (C=O) groups is 1. The molecule has 0 radical (unpaired) electrons. The normalized spacial score (nSPS) is 10.6. The molecule has 2 rings (SSSR count). The molecule has 0 amide bonds. The number of aliphatic carboxylic acids is 1. The van der Waals surface area contributed by atoms with Crippen molar-refractivity contribution in [3.05, 3.63) is 40.4 Å². The molecule has 0 atom stereocenters. The molecule has 1 N–H and O–H groups in total. The van der Waals surface area contributed by atoms with Crippen molar-refractivity contribution in [2.24, 2.45) is 0 Å². The van der Waals surface area contributed by atoms with Gasteiger partial charge in [0, 0.05) is 10.4 Å². The predicted molar refractivity (Wildman–Crippen MR) is 77.6 cm³/mol. The SMILES string of the molecule is CCc1ccc(-c2nc(C)c(CCC(=O)O)s2)cc1. The number of carboxylic acids is 1. The molecule has 0 aliphatic carbocycles. The summed E-state index contributed by atoms with van der Waals surface area (Å²) < 4.78 is 0. The van der Waals surface area contributed by atoms with E-state index >= 15 is 0 Å². The first kappa shape index (κ1) is 13.7. The van der Waals surface area contributed by atoms with Crippen molar-refractivity contribution in [1.29, 1.82) is 0 Å². The van der Waals surface area contributed by atoms with Crippen LogP contribution in [0.15, 0.2) is 24.3 Å². The summed E-state index contributed by atoms with van der Waals surface area (Å²) in [5.41, 5.74) is 3.36. The second-order valence-corrected chi connectivity index (χ2v) is 5.56. The van der Waals surface area contributed by atoms with E-state index in [1.165, 1.54) is 5.56 Å². The minimum Gasteiger partial charge on any atom is -0.481 e. The lowest BCUT2D eigenvalue weighted by Gasteiger charge is -1.98. The Morgan fingerprint density at radius 1 is 1.32 bits per heavy atom. The third kappa shape index (κ3) is 3.41. The van der Waals surface area contributed by atoms with Crippen molar-refractivity contribution in [3.63, 3.8) is 0 Å². The number of hydrogen-bond acceptors (Lipinski definition) is 3. The van der Waals surface area contributed by atoms with Crippen LogP contribution in [0.3, 0.4) is 0 Å². The highest BCUT2D eigenvalue weighted by Gasteiger charge is 2.10. The molecular weight excluding hydrogens is 258 g/mol. The lowest BCUT2D eigenvalue weighted by molar-refractivity contribution is -0.136. The number of nitrogens with zero attached hydrogens (tertiary/aromatic N) is 1. The Bertz CT molecular complexity index is 572. The van der Waals surface area contributed by atoms with Gasteiger partial charge >= 0.3 is 5.97 Å². The van der Waals surface area contributed by atoms with Crippen molar-refractivity contribution >= 4 is 17.3 Å². The van der Waals surface area contributed by atoms with Crippen molar-refractivity contribution in [3.8, 4) is 10.6 Å². The summed E-state index contributed by atoms with van der Waals surface area (Å²) in [4.78, 5) is 16.2. The molecule has 3 nitrogen and oxygen atoms in total. The van der Waals surface area contributed by atoms with Crippen molar-refractivity contribution in [1.82, 2.24) is 4.98 Å². The molecule has 19 heavy (non-hydrogen) atoms. The Morgan fingerprint density at radius 2 is 2.00 bits per heavy atom. The van der Waals surface area contributed by atoms with Gasteiger partial charge in [-0.15, -0.1) is 11.3 Å². The highest BCUT2D eigenvalue weighted by Crippen LogP contribution is 2.29. The van der Waals surface area contributed by atoms with Crippen molar-refractivity contribution < 1.29 is 9.90 Å². The fraction of sp³-hybridized carbons (Fsp3) is 0.333. The number of aromatic nitrogens is 1. The molecule has 0 bridgehead atoms. The number of aryl methyl sites for hydroxylation is 3. The van der Waals surface area contributed by atoms with E-state index in [4.69, 9.17) is 5.11 Å². The second-order valence-electron chi connectivity index (χ2n) is 4.47. The van der Waals surface area contributed by atoms with Gasteiger partial charge in [-0.3, -0.25) is 4.79 Å². The molecule has 1 aromatic heterocycles. The van der Waals surface area contributed by atoms with E-state index < -0.39 is 5.97 Å². The maximum Gasteiger partial charge on any atom is 0.303 e. The molecular formula is C15H17NO2S. The molecule has 1 heterocycles. The molecule has 0 unspecified atom stereocenters. The van der Waals surface area contributed by atoms with Crippen LogP contribution in [0.4, 0.5) is 0 Å². The van der Waals surface area contributed by atoms with Gasteiger partial charge in [0.25, 0.3) is 0 Å². The van der Waals surface area contributed by atoms with Gasteiger partial charge in [-0.05, 0) is 25.3 Å². The molecule has 2 aromatic rings. The zero-order chi connectivity index (χ0) is 13.8. The average molecular weight is 275 g/mol. The Labute approximate surface area is 116 Å². The largest absolute Gasteiger partial charge is 0.481 e. The lowest BCUT2D eigenvalue weighted by atomic mass is 10.1. The standard InChI is InChI=1S/C15H17NO2S/c1-3-11-4-6-12(7-5-11)15-16-10(2)13(19-15)8-9-14(17)18/h4-7H,3,8-9H2,1-2H3,(H,17,18). The maximum atomic E-state index is 10.6. The van der Waals surface area contributed by atoms with Crippen LogP contribution < -0.4 is 0 Å². The smallest absolute Gasteiger partial charge is 0.303 e. The van der Waals surface area contributed by atoms with Crippen molar-refractivity contribution in [2.45, 2.75) is 33.1 Å². The molecule has 0 saturated heterocycles. The van der Waals surface area contributed by atoms with E-state index in [0.717, 1.165) is 27.6 Å². The molecule has 0 saturated carbocycles. The van der Waals surface area contributed by atoms with Gasteiger partial charge in [0.1, 0.15) is 5.01 Å². The minimum absolute atomic E-state index is 0.164. The van der Waals surface area contributed by atoms with E-state index in [2.05, 4.69) is 36.2 Å². The quantitative estimate of drug-likeness (QED) is 0.905. The van der Waals surface area contributed by atoms with Crippen LogP contribution in [0.1, 0.15) is 29.5 Å². The molecule has 0 aliphatic rings. The van der Waals surface area contributed by atoms with Gasteiger partial charge in [-0.1, -0.05) is 31.2 Å². The summed E-state index contributed by atoms with van der Waals surface area (Å²) in [6.07, 6.45) is 1.75. The first-order valence-electron chi connectivity index (χ1n) is 6.37. The Morgan fingerprint density at radius 3 is 2.58 bits per heavy atom. The summed E-state index contributed by atoms with van der Waals surface area (Å²) in [5.74, 6) is -0.762. The molecule has 0 aliphatic heterocycles. The summed E-state index contributed by atoms with van der Waals surface area (Å²) >= 11 is 1.59. The van der Waals surface area contributed by atoms with Crippen molar-refractivity contribution in [2.75, 3.05) is 0 Å². The monoisotopic (exact) mass is 275 g/mol. The zero-order valence-corrected chi connectivity index (χ0v) is 12.0. The molecule has 1 aromatic carbocycles. The summed E-state index contributed by atoms with van der Waals surface area (Å²) in [6.45, 7) is 4.07. The van der Waals surface area contributed by atoms with Crippen LogP contribution in [0.2, 0.25) is 0 Å². The fourth-order valence-electron chi connectivity index (χ4n) is 1.89.